The summed E-state index contributed by atoms with van der Waals surface area (Å²) in [4.78, 5) is 24.0. The summed E-state index contributed by atoms with van der Waals surface area (Å²) in [7, 11) is 0. The Balaban J connectivity index is 3.15. The van der Waals surface area contributed by atoms with Crippen LogP contribution >= 0.6 is 12.2 Å². The Bertz CT molecular complexity index is 343. The summed E-state index contributed by atoms with van der Waals surface area (Å²) in [5, 5.41) is 5.12. The van der Waals surface area contributed by atoms with Gasteiger partial charge in [-0.1, -0.05) is 26.0 Å². The number of hydrogen-bond donors (Lipinski definition) is 2. The van der Waals surface area contributed by atoms with Gasteiger partial charge in [0.2, 0.25) is 11.8 Å². The number of nitrogens with one attached hydrogen (secondary N) is 2. The summed E-state index contributed by atoms with van der Waals surface area (Å²) in [6.45, 7) is 5.55. The van der Waals surface area contributed by atoms with Gasteiger partial charge >= 0.3 is 0 Å². The highest BCUT2D eigenvalue weighted by atomic mass is 32.1. The topological polar surface area (TPSA) is 58.2 Å². The molecule has 1 heterocycles. The fourth-order valence-corrected chi connectivity index (χ4v) is 2.26. The van der Waals surface area contributed by atoms with E-state index in [1.165, 1.54) is 0 Å². The molecule has 0 aliphatic carbocycles. The van der Waals surface area contributed by atoms with Gasteiger partial charge in [-0.05, 0) is 31.5 Å². The third-order valence-corrected chi connectivity index (χ3v) is 3.28. The first-order chi connectivity index (χ1) is 7.48. The molecule has 1 aliphatic heterocycles. The predicted molar refractivity (Wildman–Crippen MR) is 65.6 cm³/mol. The molecule has 2 N–H and O–H groups in total. The second-order valence-corrected chi connectivity index (χ2v) is 4.28. The van der Waals surface area contributed by atoms with E-state index in [1.54, 1.807) is 0 Å². The molecule has 2 amide bonds. The maximum atomic E-state index is 12.0. The van der Waals surface area contributed by atoms with Gasteiger partial charge in [-0.3, -0.25) is 9.59 Å². The van der Waals surface area contributed by atoms with Crippen molar-refractivity contribution >= 4 is 29.1 Å². The summed E-state index contributed by atoms with van der Waals surface area (Å²) in [5.74, 6) is -0.783. The minimum absolute atomic E-state index is 0.0896. The largest absolute Gasteiger partial charge is 0.302 e. The van der Waals surface area contributed by atoms with Crippen LogP contribution < -0.4 is 10.6 Å². The number of hydrogen-bond acceptors (Lipinski definition) is 3. The Morgan fingerprint density at radius 3 is 2.25 bits per heavy atom. The van der Waals surface area contributed by atoms with Crippen molar-refractivity contribution in [1.82, 2.24) is 10.6 Å². The number of amides is 2. The quantitative estimate of drug-likeness (QED) is 0.441. The fourth-order valence-electron chi connectivity index (χ4n) is 2.07. The number of thiocarbonyl (C=S) groups is 1. The monoisotopic (exact) mass is 240 g/mol. The molecule has 0 radical (unpaired) electrons. The van der Waals surface area contributed by atoms with Gasteiger partial charge < -0.3 is 10.6 Å². The van der Waals surface area contributed by atoms with Crippen LogP contribution in [0.25, 0.3) is 0 Å². The molecule has 0 saturated carbocycles. The average Bonchev–Trinajstić information content (AvgIpc) is 2.18. The van der Waals surface area contributed by atoms with Crippen molar-refractivity contribution in [2.24, 2.45) is 11.3 Å². The van der Waals surface area contributed by atoms with Crippen LogP contribution in [0, 0.1) is 11.3 Å². The van der Waals surface area contributed by atoms with E-state index < -0.39 is 5.41 Å². The minimum Gasteiger partial charge on any atom is -0.302 e. The Hall–Kier alpha value is -1.23. The molecule has 0 bridgehead atoms. The maximum absolute atomic E-state index is 12.0. The van der Waals surface area contributed by atoms with Crippen molar-refractivity contribution in [3.8, 4) is 0 Å². The zero-order valence-corrected chi connectivity index (χ0v) is 10.5. The van der Waals surface area contributed by atoms with E-state index in [4.69, 9.17) is 12.2 Å². The molecule has 0 unspecified atom stereocenters. The van der Waals surface area contributed by atoms with Crippen LogP contribution in [0.5, 0.6) is 0 Å². The van der Waals surface area contributed by atoms with Crippen molar-refractivity contribution in [1.29, 1.82) is 0 Å². The Labute approximate surface area is 100 Å². The molecule has 4 nitrogen and oxygen atoms in total. The molecular formula is C11H16N2O2S. The molecule has 88 valence electrons. The smallest absolute Gasteiger partial charge is 0.242 e. The van der Waals surface area contributed by atoms with Crippen LogP contribution in [0.1, 0.15) is 27.2 Å². The van der Waals surface area contributed by atoms with Gasteiger partial charge in [0.05, 0.1) is 0 Å². The molecule has 5 heteroatoms. The number of rotatable bonds is 3. The van der Waals surface area contributed by atoms with Crippen molar-refractivity contribution in [2.75, 3.05) is 0 Å². The first-order valence-corrected chi connectivity index (χ1v) is 5.69. The Morgan fingerprint density at radius 2 is 1.88 bits per heavy atom. The van der Waals surface area contributed by atoms with E-state index in [1.807, 2.05) is 32.9 Å². The van der Waals surface area contributed by atoms with E-state index in [9.17, 15) is 9.59 Å². The molecule has 0 aromatic carbocycles. The van der Waals surface area contributed by atoms with E-state index >= 15 is 0 Å². The van der Waals surface area contributed by atoms with E-state index in [0.29, 0.717) is 6.42 Å². The zero-order chi connectivity index (χ0) is 12.3. The van der Waals surface area contributed by atoms with Gasteiger partial charge in [-0.2, -0.15) is 0 Å². The molecule has 0 aromatic rings. The van der Waals surface area contributed by atoms with Gasteiger partial charge in [0, 0.05) is 0 Å². The molecule has 0 aromatic heterocycles. The molecule has 1 fully saturated rings. The van der Waals surface area contributed by atoms with Gasteiger partial charge in [-0.25, -0.2) is 0 Å². The van der Waals surface area contributed by atoms with E-state index in [0.717, 1.165) is 0 Å². The normalized spacial score (nSPS) is 21.8. The second kappa shape index (κ2) is 4.74. The third kappa shape index (κ3) is 1.87. The summed E-state index contributed by atoms with van der Waals surface area (Å²) in [6.07, 6.45) is 4.14. The number of allylic oxidation sites excluding steroid dienone is 2. The van der Waals surface area contributed by atoms with Gasteiger partial charge in [0.1, 0.15) is 5.41 Å². The first-order valence-electron chi connectivity index (χ1n) is 5.28. The SMILES string of the molecule is C/C=C\[C@@H](C)C1(CC)C(=O)NC(=S)NC1=O. The first kappa shape index (κ1) is 12.8. The summed E-state index contributed by atoms with van der Waals surface area (Å²) < 4.78 is 0. The van der Waals surface area contributed by atoms with E-state index in [-0.39, 0.29) is 22.8 Å². The standard InChI is InChI=1S/C11H16N2O2S/c1-4-6-7(3)11(5-2)8(14)12-10(16)13-9(11)15/h4,6-7H,5H2,1-3H3,(H2,12,13,14,15,16)/b6-4-/t7-/m1/s1. The lowest BCUT2D eigenvalue weighted by molar-refractivity contribution is -0.146. The van der Waals surface area contributed by atoms with E-state index in [2.05, 4.69) is 10.6 Å². The van der Waals surface area contributed by atoms with Crippen molar-refractivity contribution in [3.63, 3.8) is 0 Å². The Kier molecular flexibility index (Phi) is 3.80. The van der Waals surface area contributed by atoms with Crippen LogP contribution in [0.2, 0.25) is 0 Å². The van der Waals surface area contributed by atoms with Gasteiger partial charge in [0.25, 0.3) is 0 Å². The van der Waals surface area contributed by atoms with Crippen LogP contribution in [-0.4, -0.2) is 16.9 Å². The fraction of sp³-hybridized carbons (Fsp3) is 0.545. The van der Waals surface area contributed by atoms with Gasteiger partial charge in [0.15, 0.2) is 5.11 Å². The van der Waals surface area contributed by atoms with Crippen LogP contribution in [0.4, 0.5) is 0 Å². The second-order valence-electron chi connectivity index (χ2n) is 3.88. The minimum atomic E-state index is -1.05. The lowest BCUT2D eigenvalue weighted by Crippen LogP contribution is -2.64. The highest BCUT2D eigenvalue weighted by molar-refractivity contribution is 7.80. The van der Waals surface area contributed by atoms with Gasteiger partial charge in [-0.15, -0.1) is 0 Å². The molecule has 1 atom stereocenters. The summed E-state index contributed by atoms with van der Waals surface area (Å²) >= 11 is 4.78. The average molecular weight is 240 g/mol. The summed E-state index contributed by atoms with van der Waals surface area (Å²) in [5.41, 5.74) is -1.05. The molecule has 0 spiro atoms. The molecule has 1 rings (SSSR count). The number of carbonyl (C=O) groups is 2. The molecule has 1 saturated heterocycles. The lowest BCUT2D eigenvalue weighted by atomic mass is 9.71. The molecule has 1 aliphatic rings. The summed E-state index contributed by atoms with van der Waals surface area (Å²) in [6, 6.07) is 0. The van der Waals surface area contributed by atoms with Crippen LogP contribution in [-0.2, 0) is 9.59 Å². The highest BCUT2D eigenvalue weighted by Crippen LogP contribution is 2.34. The Morgan fingerprint density at radius 1 is 1.38 bits per heavy atom. The lowest BCUT2D eigenvalue weighted by Gasteiger charge is -2.37. The number of carbonyl (C=O) groups excluding carboxylic acids is 2. The predicted octanol–water partition coefficient (Wildman–Crippen LogP) is 1.13. The van der Waals surface area contributed by atoms with Crippen LogP contribution in [0.3, 0.4) is 0 Å². The highest BCUT2D eigenvalue weighted by Gasteiger charge is 2.50. The zero-order valence-electron chi connectivity index (χ0n) is 9.66. The molecule has 16 heavy (non-hydrogen) atoms. The van der Waals surface area contributed by atoms with Crippen molar-refractivity contribution in [3.05, 3.63) is 12.2 Å². The maximum Gasteiger partial charge on any atom is 0.242 e. The third-order valence-electron chi connectivity index (χ3n) is 3.08. The van der Waals surface area contributed by atoms with Crippen LogP contribution in [0.15, 0.2) is 12.2 Å². The molecular weight excluding hydrogens is 224 g/mol. The van der Waals surface area contributed by atoms with Crippen molar-refractivity contribution in [2.45, 2.75) is 27.2 Å². The van der Waals surface area contributed by atoms with Crippen molar-refractivity contribution < 1.29 is 9.59 Å².